The van der Waals surface area contributed by atoms with Gasteiger partial charge in [0, 0.05) is 0 Å². The molecule has 0 aromatic rings. The zero-order chi connectivity index (χ0) is 10.7. The van der Waals surface area contributed by atoms with Crippen molar-refractivity contribution in [3.05, 3.63) is 12.8 Å². The second kappa shape index (κ2) is 4.26. The first-order valence-corrected chi connectivity index (χ1v) is 4.58. The third-order valence-corrected chi connectivity index (χ3v) is 1.95. The molecule has 78 valence electrons. The maximum atomic E-state index is 11.3. The minimum absolute atomic E-state index is 0.140. The fourth-order valence-electron chi connectivity index (χ4n) is 1.21. The molecule has 1 fully saturated rings. The van der Waals surface area contributed by atoms with Crippen molar-refractivity contribution in [1.82, 2.24) is 0 Å². The van der Waals surface area contributed by atoms with Crippen molar-refractivity contribution in [2.24, 2.45) is 11.8 Å². The molecule has 4 heteroatoms. The molecule has 1 aliphatic rings. The smallest absolute Gasteiger partial charge is 0.314 e. The Balaban J connectivity index is 2.34. The summed E-state index contributed by atoms with van der Waals surface area (Å²) in [6.07, 6.45) is 1.46. The minimum Gasteiger partial charge on any atom is -0.463 e. The Hall–Kier alpha value is -1.32. The zero-order valence-corrected chi connectivity index (χ0v) is 8.36. The molecule has 2 unspecified atom stereocenters. The molecule has 0 radical (unpaired) electrons. The predicted molar refractivity (Wildman–Crippen MR) is 49.1 cm³/mol. The molecule has 0 heterocycles. The highest BCUT2D eigenvalue weighted by Gasteiger charge is 2.50. The van der Waals surface area contributed by atoms with Crippen molar-refractivity contribution >= 4 is 11.9 Å². The van der Waals surface area contributed by atoms with Crippen molar-refractivity contribution in [2.45, 2.75) is 26.4 Å². The predicted octanol–water partition coefficient (Wildman–Crippen LogP) is 1.26. The summed E-state index contributed by atoms with van der Waals surface area (Å²) in [6.45, 7) is 6.82. The first kappa shape index (κ1) is 10.8. The lowest BCUT2D eigenvalue weighted by molar-refractivity contribution is -0.152. The van der Waals surface area contributed by atoms with Crippen LogP contribution in [0.1, 0.15) is 20.3 Å². The minimum atomic E-state index is -0.397. The molecule has 0 aliphatic heterocycles. The quantitative estimate of drug-likeness (QED) is 0.504. The number of ether oxygens (including phenoxy) is 2. The van der Waals surface area contributed by atoms with Gasteiger partial charge in [-0.05, 0) is 20.3 Å². The van der Waals surface area contributed by atoms with Gasteiger partial charge in [-0.2, -0.15) is 0 Å². The first-order chi connectivity index (χ1) is 6.56. The lowest BCUT2D eigenvalue weighted by Crippen LogP contribution is -2.16. The molecular weight excluding hydrogens is 184 g/mol. The molecule has 1 saturated carbocycles. The Morgan fingerprint density at radius 1 is 1.36 bits per heavy atom. The molecule has 0 aromatic carbocycles. The number of carbonyl (C=O) groups excluding carboxylic acids is 2. The number of carbonyl (C=O) groups is 2. The summed E-state index contributed by atoms with van der Waals surface area (Å²) in [5, 5.41) is 0. The standard InChI is InChI=1S/C10H14O4/c1-4-13-9(11)7-5-8(7)10(12)14-6(2)3/h4,6-8H,1,5H2,2-3H3. The third-order valence-electron chi connectivity index (χ3n) is 1.95. The maximum absolute atomic E-state index is 11.3. The van der Waals surface area contributed by atoms with Crippen molar-refractivity contribution in [3.8, 4) is 0 Å². The highest BCUT2D eigenvalue weighted by molar-refractivity contribution is 5.87. The second-order valence-corrected chi connectivity index (χ2v) is 3.54. The normalized spacial score (nSPS) is 24.2. The van der Waals surface area contributed by atoms with E-state index in [1.807, 2.05) is 0 Å². The van der Waals surface area contributed by atoms with Crippen LogP contribution in [0, 0.1) is 11.8 Å². The summed E-state index contributed by atoms with van der Waals surface area (Å²) in [5.74, 6) is -1.36. The van der Waals surface area contributed by atoms with Crippen LogP contribution in [-0.4, -0.2) is 18.0 Å². The van der Waals surface area contributed by atoms with Crippen LogP contribution in [0.25, 0.3) is 0 Å². The maximum Gasteiger partial charge on any atom is 0.314 e. The molecular formula is C10H14O4. The fourth-order valence-corrected chi connectivity index (χ4v) is 1.21. The monoisotopic (exact) mass is 198 g/mol. The summed E-state index contributed by atoms with van der Waals surface area (Å²) in [4.78, 5) is 22.4. The molecule has 1 rings (SSSR count). The lowest BCUT2D eigenvalue weighted by Gasteiger charge is -2.06. The SMILES string of the molecule is C=COC(=O)C1CC1C(=O)OC(C)C. The van der Waals surface area contributed by atoms with E-state index >= 15 is 0 Å². The van der Waals surface area contributed by atoms with Crippen LogP contribution in [-0.2, 0) is 19.1 Å². The van der Waals surface area contributed by atoms with E-state index in [4.69, 9.17) is 4.74 Å². The van der Waals surface area contributed by atoms with E-state index in [-0.39, 0.29) is 23.9 Å². The largest absolute Gasteiger partial charge is 0.463 e. The van der Waals surface area contributed by atoms with Crippen LogP contribution in [0.15, 0.2) is 12.8 Å². The summed E-state index contributed by atoms with van der Waals surface area (Å²) >= 11 is 0. The van der Waals surface area contributed by atoms with Crippen LogP contribution in [0.2, 0.25) is 0 Å². The van der Waals surface area contributed by atoms with Crippen molar-refractivity contribution < 1.29 is 19.1 Å². The van der Waals surface area contributed by atoms with Crippen LogP contribution >= 0.6 is 0 Å². The van der Waals surface area contributed by atoms with E-state index in [0.717, 1.165) is 6.26 Å². The van der Waals surface area contributed by atoms with Gasteiger partial charge in [0.2, 0.25) is 0 Å². The van der Waals surface area contributed by atoms with Gasteiger partial charge in [-0.25, -0.2) is 0 Å². The highest BCUT2D eigenvalue weighted by atomic mass is 16.5. The van der Waals surface area contributed by atoms with Gasteiger partial charge in [-0.1, -0.05) is 6.58 Å². The fraction of sp³-hybridized carbons (Fsp3) is 0.600. The van der Waals surface area contributed by atoms with Gasteiger partial charge in [0.05, 0.1) is 24.2 Å². The molecule has 0 saturated heterocycles. The molecule has 0 N–H and O–H groups in total. The van der Waals surface area contributed by atoms with E-state index in [1.54, 1.807) is 13.8 Å². The summed E-state index contributed by atoms with van der Waals surface area (Å²) in [5.41, 5.74) is 0. The molecule has 0 spiro atoms. The third kappa shape index (κ3) is 2.58. The Bertz CT molecular complexity index is 257. The van der Waals surface area contributed by atoms with Gasteiger partial charge in [0.15, 0.2) is 0 Å². The molecule has 1 aliphatic carbocycles. The molecule has 0 amide bonds. The van der Waals surface area contributed by atoms with E-state index in [1.165, 1.54) is 0 Å². The van der Waals surface area contributed by atoms with E-state index in [2.05, 4.69) is 11.3 Å². The molecule has 4 nitrogen and oxygen atoms in total. The van der Waals surface area contributed by atoms with Gasteiger partial charge in [-0.3, -0.25) is 9.59 Å². The second-order valence-electron chi connectivity index (χ2n) is 3.54. The van der Waals surface area contributed by atoms with Gasteiger partial charge in [-0.15, -0.1) is 0 Å². The summed E-state index contributed by atoms with van der Waals surface area (Å²) < 4.78 is 9.53. The Kier molecular flexibility index (Phi) is 3.28. The average molecular weight is 198 g/mol. The van der Waals surface area contributed by atoms with Crippen LogP contribution in [0.5, 0.6) is 0 Å². The van der Waals surface area contributed by atoms with Crippen LogP contribution < -0.4 is 0 Å². The summed E-state index contributed by atoms with van der Waals surface area (Å²) in [7, 11) is 0. The van der Waals surface area contributed by atoms with Gasteiger partial charge >= 0.3 is 11.9 Å². The van der Waals surface area contributed by atoms with Crippen molar-refractivity contribution in [3.63, 3.8) is 0 Å². The lowest BCUT2D eigenvalue weighted by atomic mass is 10.3. The van der Waals surface area contributed by atoms with Gasteiger partial charge in [0.1, 0.15) is 0 Å². The van der Waals surface area contributed by atoms with Gasteiger partial charge in [0.25, 0.3) is 0 Å². The van der Waals surface area contributed by atoms with Crippen LogP contribution in [0.3, 0.4) is 0 Å². The van der Waals surface area contributed by atoms with Crippen LogP contribution in [0.4, 0.5) is 0 Å². The average Bonchev–Trinajstić information content (AvgIpc) is 2.81. The van der Waals surface area contributed by atoms with E-state index < -0.39 is 5.97 Å². The molecule has 14 heavy (non-hydrogen) atoms. The Morgan fingerprint density at radius 2 is 1.93 bits per heavy atom. The molecule has 2 atom stereocenters. The van der Waals surface area contributed by atoms with Crippen molar-refractivity contribution in [2.75, 3.05) is 0 Å². The zero-order valence-electron chi connectivity index (χ0n) is 8.36. The molecule has 0 aromatic heterocycles. The molecule has 0 bridgehead atoms. The van der Waals surface area contributed by atoms with E-state index in [9.17, 15) is 9.59 Å². The number of esters is 2. The Labute approximate surface area is 82.9 Å². The summed E-state index contributed by atoms with van der Waals surface area (Å²) in [6, 6.07) is 0. The number of hydrogen-bond acceptors (Lipinski definition) is 4. The number of hydrogen-bond donors (Lipinski definition) is 0. The van der Waals surface area contributed by atoms with Gasteiger partial charge < -0.3 is 9.47 Å². The van der Waals surface area contributed by atoms with Crippen molar-refractivity contribution in [1.29, 1.82) is 0 Å². The number of rotatable bonds is 4. The van der Waals surface area contributed by atoms with E-state index in [0.29, 0.717) is 6.42 Å². The highest BCUT2D eigenvalue weighted by Crippen LogP contribution is 2.40. The first-order valence-electron chi connectivity index (χ1n) is 4.58. The topological polar surface area (TPSA) is 52.6 Å². The Morgan fingerprint density at radius 3 is 2.43 bits per heavy atom.